The molecule has 2 heterocycles. The van der Waals surface area contributed by atoms with E-state index in [2.05, 4.69) is 58.6 Å². The molecule has 2 atom stereocenters. The Morgan fingerprint density at radius 2 is 1.70 bits per heavy atom. The summed E-state index contributed by atoms with van der Waals surface area (Å²) in [5, 5.41) is 6.57. The van der Waals surface area contributed by atoms with Crippen LogP contribution in [0.5, 0.6) is 0 Å². The first kappa shape index (κ1) is 19.5. The highest BCUT2D eigenvalue weighted by Gasteiger charge is 2.21. The van der Waals surface area contributed by atoms with E-state index in [0.717, 1.165) is 37.9 Å². The molecule has 0 amide bonds. The Balaban J connectivity index is 1.45. The summed E-state index contributed by atoms with van der Waals surface area (Å²) in [6.07, 6.45) is 2.28. The molecule has 0 saturated carbocycles. The number of hydrogen-bond donors (Lipinski definition) is 2. The molecule has 6 nitrogen and oxygen atoms in total. The standard InChI is InChI=1S/C21H30N4O2/c1-16-13-25(14-17(2)27-16)15-19-8-6-18(7-9-19)11-23-21(22-3)24-12-20-5-4-10-26-20/h4-10,16-17H,11-15H2,1-3H3,(H2,22,23,24). The minimum Gasteiger partial charge on any atom is -0.467 e. The van der Waals surface area contributed by atoms with Gasteiger partial charge in [0.1, 0.15) is 5.76 Å². The topological polar surface area (TPSA) is 62.0 Å². The van der Waals surface area contributed by atoms with Crippen molar-refractivity contribution in [3.63, 3.8) is 0 Å². The van der Waals surface area contributed by atoms with Gasteiger partial charge in [0, 0.05) is 33.2 Å². The Kier molecular flexibility index (Phi) is 6.90. The molecule has 1 aliphatic rings. The minimum absolute atomic E-state index is 0.303. The van der Waals surface area contributed by atoms with Crippen LogP contribution in [0.4, 0.5) is 0 Å². The quantitative estimate of drug-likeness (QED) is 0.605. The van der Waals surface area contributed by atoms with Gasteiger partial charge in [-0.25, -0.2) is 0 Å². The molecule has 6 heteroatoms. The van der Waals surface area contributed by atoms with Crippen molar-refractivity contribution in [2.24, 2.45) is 4.99 Å². The van der Waals surface area contributed by atoms with Crippen LogP contribution >= 0.6 is 0 Å². The van der Waals surface area contributed by atoms with Gasteiger partial charge in [-0.15, -0.1) is 0 Å². The predicted octanol–water partition coefficient (Wildman–Crippen LogP) is 2.75. The second kappa shape index (κ2) is 9.58. The average Bonchev–Trinajstić information content (AvgIpc) is 3.16. The van der Waals surface area contributed by atoms with Crippen molar-refractivity contribution in [3.05, 3.63) is 59.5 Å². The molecule has 0 aliphatic carbocycles. The Labute approximate surface area is 161 Å². The van der Waals surface area contributed by atoms with Crippen LogP contribution in [0.1, 0.15) is 30.7 Å². The zero-order valence-electron chi connectivity index (χ0n) is 16.4. The maximum absolute atomic E-state index is 5.81. The van der Waals surface area contributed by atoms with Crippen molar-refractivity contribution in [1.82, 2.24) is 15.5 Å². The van der Waals surface area contributed by atoms with E-state index in [9.17, 15) is 0 Å². The Morgan fingerprint density at radius 3 is 2.33 bits per heavy atom. The van der Waals surface area contributed by atoms with E-state index in [1.165, 1.54) is 11.1 Å². The highest BCUT2D eigenvalue weighted by atomic mass is 16.5. The summed E-state index contributed by atoms with van der Waals surface area (Å²) in [5.41, 5.74) is 2.56. The van der Waals surface area contributed by atoms with Gasteiger partial charge in [0.2, 0.25) is 0 Å². The molecule has 0 spiro atoms. The highest BCUT2D eigenvalue weighted by molar-refractivity contribution is 5.79. The SMILES string of the molecule is CN=C(NCc1ccc(CN2CC(C)OC(C)C2)cc1)NCc1ccco1. The summed E-state index contributed by atoms with van der Waals surface area (Å²) in [5.74, 6) is 1.64. The molecular weight excluding hydrogens is 340 g/mol. The minimum atomic E-state index is 0.303. The van der Waals surface area contributed by atoms with Crippen molar-refractivity contribution in [2.45, 2.75) is 45.7 Å². The molecule has 2 unspecified atom stereocenters. The molecule has 3 rings (SSSR count). The number of benzene rings is 1. The molecule has 2 N–H and O–H groups in total. The third-order valence-electron chi connectivity index (χ3n) is 4.62. The molecule has 1 saturated heterocycles. The summed E-state index contributed by atoms with van der Waals surface area (Å²) in [7, 11) is 1.77. The monoisotopic (exact) mass is 370 g/mol. The van der Waals surface area contributed by atoms with Crippen molar-refractivity contribution in [2.75, 3.05) is 20.1 Å². The lowest BCUT2D eigenvalue weighted by Gasteiger charge is -2.35. The van der Waals surface area contributed by atoms with E-state index in [4.69, 9.17) is 9.15 Å². The molecule has 146 valence electrons. The van der Waals surface area contributed by atoms with Crippen molar-refractivity contribution < 1.29 is 9.15 Å². The molecule has 27 heavy (non-hydrogen) atoms. The van der Waals surface area contributed by atoms with E-state index < -0.39 is 0 Å². The van der Waals surface area contributed by atoms with Crippen LogP contribution in [-0.2, 0) is 24.4 Å². The molecule has 1 aliphatic heterocycles. The number of morpholine rings is 1. The zero-order valence-corrected chi connectivity index (χ0v) is 16.4. The highest BCUT2D eigenvalue weighted by Crippen LogP contribution is 2.14. The van der Waals surface area contributed by atoms with Crippen LogP contribution in [0.25, 0.3) is 0 Å². The second-order valence-corrected chi connectivity index (χ2v) is 7.13. The summed E-state index contributed by atoms with van der Waals surface area (Å²) < 4.78 is 11.1. The van der Waals surface area contributed by atoms with E-state index in [1.807, 2.05) is 12.1 Å². The van der Waals surface area contributed by atoms with E-state index in [0.29, 0.717) is 18.8 Å². The summed E-state index contributed by atoms with van der Waals surface area (Å²) in [6, 6.07) is 12.6. The maximum Gasteiger partial charge on any atom is 0.191 e. The van der Waals surface area contributed by atoms with Crippen LogP contribution in [0.2, 0.25) is 0 Å². The van der Waals surface area contributed by atoms with Crippen LogP contribution < -0.4 is 10.6 Å². The molecule has 1 fully saturated rings. The van der Waals surface area contributed by atoms with Gasteiger partial charge in [-0.1, -0.05) is 24.3 Å². The fraction of sp³-hybridized carbons (Fsp3) is 0.476. The second-order valence-electron chi connectivity index (χ2n) is 7.13. The number of hydrogen-bond acceptors (Lipinski definition) is 4. The predicted molar refractivity (Wildman–Crippen MR) is 107 cm³/mol. The molecule has 0 radical (unpaired) electrons. The lowest BCUT2D eigenvalue weighted by Crippen LogP contribution is -2.44. The number of guanidine groups is 1. The van der Waals surface area contributed by atoms with Crippen LogP contribution in [0.15, 0.2) is 52.1 Å². The normalized spacial score (nSPS) is 21.2. The summed E-state index contributed by atoms with van der Waals surface area (Å²) in [4.78, 5) is 6.71. The van der Waals surface area contributed by atoms with Gasteiger partial charge >= 0.3 is 0 Å². The lowest BCUT2D eigenvalue weighted by molar-refractivity contribution is -0.0704. The Morgan fingerprint density at radius 1 is 1.04 bits per heavy atom. The number of furan rings is 1. The lowest BCUT2D eigenvalue weighted by atomic mass is 10.1. The summed E-state index contributed by atoms with van der Waals surface area (Å²) in [6.45, 7) is 8.58. The van der Waals surface area contributed by atoms with Crippen molar-refractivity contribution in [3.8, 4) is 0 Å². The smallest absolute Gasteiger partial charge is 0.191 e. The maximum atomic E-state index is 5.81. The molecular formula is C21H30N4O2. The van der Waals surface area contributed by atoms with Crippen LogP contribution in [-0.4, -0.2) is 43.2 Å². The first-order valence-electron chi connectivity index (χ1n) is 9.55. The van der Waals surface area contributed by atoms with Crippen LogP contribution in [0, 0.1) is 0 Å². The largest absolute Gasteiger partial charge is 0.467 e. The average molecular weight is 370 g/mol. The van der Waals surface area contributed by atoms with Gasteiger partial charge in [0.25, 0.3) is 0 Å². The van der Waals surface area contributed by atoms with E-state index >= 15 is 0 Å². The first-order valence-corrected chi connectivity index (χ1v) is 9.55. The fourth-order valence-corrected chi connectivity index (χ4v) is 3.42. The van der Waals surface area contributed by atoms with Crippen LogP contribution in [0.3, 0.4) is 0 Å². The Bertz CT molecular complexity index is 702. The first-order chi connectivity index (χ1) is 13.1. The third-order valence-corrected chi connectivity index (χ3v) is 4.62. The van der Waals surface area contributed by atoms with E-state index in [1.54, 1.807) is 13.3 Å². The fourth-order valence-electron chi connectivity index (χ4n) is 3.42. The number of nitrogens with zero attached hydrogens (tertiary/aromatic N) is 2. The van der Waals surface area contributed by atoms with E-state index in [-0.39, 0.29) is 0 Å². The number of ether oxygens (including phenoxy) is 1. The molecule has 0 bridgehead atoms. The van der Waals surface area contributed by atoms with Gasteiger partial charge in [-0.2, -0.15) is 0 Å². The molecule has 2 aromatic rings. The number of rotatable bonds is 6. The van der Waals surface area contributed by atoms with Gasteiger partial charge in [-0.05, 0) is 37.1 Å². The van der Waals surface area contributed by atoms with Gasteiger partial charge < -0.3 is 19.8 Å². The number of nitrogens with one attached hydrogen (secondary N) is 2. The van der Waals surface area contributed by atoms with Crippen molar-refractivity contribution >= 4 is 5.96 Å². The Hall–Kier alpha value is -2.31. The molecule has 1 aromatic carbocycles. The third kappa shape index (κ3) is 6.12. The van der Waals surface area contributed by atoms with Crippen molar-refractivity contribution in [1.29, 1.82) is 0 Å². The molecule has 1 aromatic heterocycles. The van der Waals surface area contributed by atoms with Gasteiger partial charge in [-0.3, -0.25) is 9.89 Å². The number of aliphatic imine (C=N–C) groups is 1. The van der Waals surface area contributed by atoms with Gasteiger partial charge in [0.15, 0.2) is 5.96 Å². The zero-order chi connectivity index (χ0) is 19.1. The van der Waals surface area contributed by atoms with Gasteiger partial charge in [0.05, 0.1) is 25.0 Å². The summed E-state index contributed by atoms with van der Waals surface area (Å²) >= 11 is 0.